The molecule has 0 aromatic rings. The van der Waals surface area contributed by atoms with Gasteiger partial charge in [-0.25, -0.2) is 0 Å². The molecule has 0 aromatic carbocycles. The summed E-state index contributed by atoms with van der Waals surface area (Å²) >= 11 is 0. The van der Waals surface area contributed by atoms with Crippen molar-refractivity contribution in [3.05, 3.63) is 0 Å². The number of hydrogen-bond acceptors (Lipinski definition) is 2. The molecule has 13 heavy (non-hydrogen) atoms. The SMILES string of the molecule is CCC([B]O)CCCNC(C)(C)C. The molecule has 1 atom stereocenters. The summed E-state index contributed by atoms with van der Waals surface area (Å²) in [5.74, 6) is 0.377. The average Bonchev–Trinajstić information content (AvgIpc) is 2.03. The van der Waals surface area contributed by atoms with Crippen LogP contribution in [0.2, 0.25) is 5.82 Å². The highest BCUT2D eigenvalue weighted by Gasteiger charge is 2.09. The molecule has 0 saturated heterocycles. The lowest BCUT2D eigenvalue weighted by Crippen LogP contribution is -2.36. The fourth-order valence-electron chi connectivity index (χ4n) is 1.21. The summed E-state index contributed by atoms with van der Waals surface area (Å²) < 4.78 is 0. The predicted molar refractivity (Wildman–Crippen MR) is 59.0 cm³/mol. The molecule has 0 spiro atoms. The van der Waals surface area contributed by atoms with Crippen molar-refractivity contribution < 1.29 is 5.02 Å². The Morgan fingerprint density at radius 1 is 1.38 bits per heavy atom. The molecule has 0 aliphatic heterocycles. The molecule has 0 amide bonds. The Labute approximate surface area is 83.4 Å². The van der Waals surface area contributed by atoms with Crippen LogP contribution in [0.4, 0.5) is 0 Å². The second kappa shape index (κ2) is 6.44. The maximum absolute atomic E-state index is 8.84. The van der Waals surface area contributed by atoms with Gasteiger partial charge in [0.15, 0.2) is 0 Å². The van der Waals surface area contributed by atoms with Gasteiger partial charge in [-0.05, 0) is 39.6 Å². The first kappa shape index (κ1) is 13.0. The first-order valence-corrected chi connectivity index (χ1v) is 5.22. The number of nitrogens with one attached hydrogen (secondary N) is 1. The molecule has 0 bridgehead atoms. The van der Waals surface area contributed by atoms with Gasteiger partial charge < -0.3 is 10.3 Å². The van der Waals surface area contributed by atoms with E-state index >= 15 is 0 Å². The van der Waals surface area contributed by atoms with Crippen molar-refractivity contribution >= 4 is 7.48 Å². The van der Waals surface area contributed by atoms with E-state index in [1.165, 1.54) is 7.48 Å². The molecule has 0 aromatic heterocycles. The Hall–Kier alpha value is -0.0151. The fraction of sp³-hybridized carbons (Fsp3) is 1.00. The van der Waals surface area contributed by atoms with Crippen LogP contribution < -0.4 is 5.32 Å². The Morgan fingerprint density at radius 2 is 2.00 bits per heavy atom. The van der Waals surface area contributed by atoms with E-state index in [9.17, 15) is 0 Å². The summed E-state index contributed by atoms with van der Waals surface area (Å²) in [6, 6.07) is 0. The normalized spacial score (nSPS) is 14.2. The van der Waals surface area contributed by atoms with Gasteiger partial charge in [-0.1, -0.05) is 19.8 Å². The van der Waals surface area contributed by atoms with Crippen molar-refractivity contribution in [3.63, 3.8) is 0 Å². The Kier molecular flexibility index (Phi) is 6.43. The van der Waals surface area contributed by atoms with Crippen LogP contribution in [0.25, 0.3) is 0 Å². The van der Waals surface area contributed by atoms with E-state index in [-0.39, 0.29) is 5.54 Å². The van der Waals surface area contributed by atoms with Crippen LogP contribution in [-0.2, 0) is 0 Å². The average molecular weight is 184 g/mol. The Balaban J connectivity index is 3.34. The lowest BCUT2D eigenvalue weighted by molar-refractivity contribution is 0.414. The highest BCUT2D eigenvalue weighted by molar-refractivity contribution is 6.27. The molecule has 2 N–H and O–H groups in total. The lowest BCUT2D eigenvalue weighted by Gasteiger charge is -2.21. The summed E-state index contributed by atoms with van der Waals surface area (Å²) in [5.41, 5.74) is 0.213. The second-order valence-corrected chi connectivity index (χ2v) is 4.64. The van der Waals surface area contributed by atoms with Crippen LogP contribution in [-0.4, -0.2) is 24.6 Å². The highest BCUT2D eigenvalue weighted by atomic mass is 16.2. The molecule has 1 unspecified atom stereocenters. The van der Waals surface area contributed by atoms with Crippen molar-refractivity contribution in [1.29, 1.82) is 0 Å². The third kappa shape index (κ3) is 8.32. The van der Waals surface area contributed by atoms with Gasteiger partial charge in [0.25, 0.3) is 7.48 Å². The van der Waals surface area contributed by atoms with Gasteiger partial charge in [0, 0.05) is 5.54 Å². The maximum atomic E-state index is 8.84. The molecule has 0 saturated carbocycles. The summed E-state index contributed by atoms with van der Waals surface area (Å²) in [6.07, 6.45) is 3.24. The zero-order valence-corrected chi connectivity index (χ0v) is 9.43. The van der Waals surface area contributed by atoms with E-state index in [1.54, 1.807) is 0 Å². The van der Waals surface area contributed by atoms with Crippen molar-refractivity contribution in [3.8, 4) is 0 Å². The smallest absolute Gasteiger partial charge is 0.290 e. The Morgan fingerprint density at radius 3 is 2.38 bits per heavy atom. The van der Waals surface area contributed by atoms with Crippen LogP contribution in [0.1, 0.15) is 47.0 Å². The molecule has 3 heteroatoms. The monoisotopic (exact) mass is 184 g/mol. The molecule has 0 rings (SSSR count). The van der Waals surface area contributed by atoms with Crippen molar-refractivity contribution in [2.45, 2.75) is 58.3 Å². The van der Waals surface area contributed by atoms with E-state index in [0.717, 1.165) is 25.8 Å². The van der Waals surface area contributed by atoms with E-state index in [4.69, 9.17) is 5.02 Å². The van der Waals surface area contributed by atoms with Gasteiger partial charge >= 0.3 is 0 Å². The summed E-state index contributed by atoms with van der Waals surface area (Å²) in [5, 5.41) is 12.3. The fourth-order valence-corrected chi connectivity index (χ4v) is 1.21. The van der Waals surface area contributed by atoms with Gasteiger partial charge in [0.2, 0.25) is 0 Å². The van der Waals surface area contributed by atoms with E-state index in [2.05, 4.69) is 33.0 Å². The topological polar surface area (TPSA) is 32.3 Å². The van der Waals surface area contributed by atoms with Crippen molar-refractivity contribution in [2.24, 2.45) is 0 Å². The largest absolute Gasteiger partial charge is 0.454 e. The van der Waals surface area contributed by atoms with Crippen LogP contribution in [0.3, 0.4) is 0 Å². The summed E-state index contributed by atoms with van der Waals surface area (Å²) in [4.78, 5) is 0. The molecular weight excluding hydrogens is 161 g/mol. The van der Waals surface area contributed by atoms with Gasteiger partial charge in [-0.15, -0.1) is 0 Å². The molecule has 0 heterocycles. The minimum Gasteiger partial charge on any atom is -0.454 e. The molecule has 0 aliphatic rings. The van der Waals surface area contributed by atoms with Crippen molar-refractivity contribution in [1.82, 2.24) is 5.32 Å². The van der Waals surface area contributed by atoms with Gasteiger partial charge in [0.05, 0.1) is 0 Å². The molecule has 77 valence electrons. The van der Waals surface area contributed by atoms with Crippen molar-refractivity contribution in [2.75, 3.05) is 6.54 Å². The minimum absolute atomic E-state index is 0.213. The summed E-state index contributed by atoms with van der Waals surface area (Å²) in [7, 11) is 1.33. The predicted octanol–water partition coefficient (Wildman–Crippen LogP) is 1.96. The minimum atomic E-state index is 0.213. The first-order valence-electron chi connectivity index (χ1n) is 5.22. The second-order valence-electron chi connectivity index (χ2n) is 4.64. The van der Waals surface area contributed by atoms with Crippen LogP contribution in [0.15, 0.2) is 0 Å². The van der Waals surface area contributed by atoms with Crippen LogP contribution in [0, 0.1) is 0 Å². The number of hydrogen-bond donors (Lipinski definition) is 2. The molecular formula is C10H23BNO. The third-order valence-electron chi connectivity index (χ3n) is 2.14. The molecule has 0 fully saturated rings. The molecule has 0 aliphatic carbocycles. The lowest BCUT2D eigenvalue weighted by atomic mass is 9.75. The van der Waals surface area contributed by atoms with E-state index in [0.29, 0.717) is 5.82 Å². The van der Waals surface area contributed by atoms with E-state index in [1.807, 2.05) is 0 Å². The molecule has 2 nitrogen and oxygen atoms in total. The summed E-state index contributed by atoms with van der Waals surface area (Å²) in [6.45, 7) is 9.65. The molecule has 1 radical (unpaired) electrons. The number of rotatable bonds is 6. The first-order chi connectivity index (χ1) is 5.99. The zero-order valence-electron chi connectivity index (χ0n) is 9.43. The highest BCUT2D eigenvalue weighted by Crippen LogP contribution is 2.14. The van der Waals surface area contributed by atoms with Crippen LogP contribution >= 0.6 is 0 Å². The zero-order chi connectivity index (χ0) is 10.3. The maximum Gasteiger partial charge on any atom is 0.290 e. The standard InChI is InChI=1S/C10H23BNO/c1-5-9(11-13)7-6-8-12-10(2,3)4/h9,12-13H,5-8H2,1-4H3. The van der Waals surface area contributed by atoms with Gasteiger partial charge in [0.1, 0.15) is 0 Å². The quantitative estimate of drug-likeness (QED) is 0.488. The Bertz CT molecular complexity index is 119. The third-order valence-corrected chi connectivity index (χ3v) is 2.14. The van der Waals surface area contributed by atoms with Crippen LogP contribution in [0.5, 0.6) is 0 Å². The van der Waals surface area contributed by atoms with E-state index < -0.39 is 0 Å². The van der Waals surface area contributed by atoms with Gasteiger partial charge in [-0.3, -0.25) is 0 Å². The van der Waals surface area contributed by atoms with Gasteiger partial charge in [-0.2, -0.15) is 0 Å².